The molecule has 0 bridgehead atoms. The van der Waals surface area contributed by atoms with E-state index in [0.29, 0.717) is 12.5 Å². The molecular formula is C19H30F3IN4O3. The molecule has 30 heavy (non-hydrogen) atoms. The summed E-state index contributed by atoms with van der Waals surface area (Å²) in [7, 11) is 0. The number of halogens is 4. The van der Waals surface area contributed by atoms with Crippen LogP contribution in [-0.2, 0) is 11.0 Å². The minimum absolute atomic E-state index is 0. The smallest absolute Gasteiger partial charge is 0.416 e. The van der Waals surface area contributed by atoms with E-state index in [-0.39, 0.29) is 60.9 Å². The number of nitrogens with one attached hydrogen (secondary N) is 3. The van der Waals surface area contributed by atoms with Gasteiger partial charge in [-0.2, -0.15) is 13.2 Å². The molecule has 0 saturated carbocycles. The van der Waals surface area contributed by atoms with E-state index >= 15 is 0 Å². The standard InChI is InChI=1S/C19H29F3N4O3.HI/c1-5-23-17(25-11-16(28)26-18(2,3)4)24-10-14(27)12-29-15-8-6-7-13(9-15)19(20,21)22;/h6-9,14,27H,5,10-12H2,1-4H3,(H,26,28)(H2,23,24,25);1H. The van der Waals surface area contributed by atoms with Crippen LogP contribution in [0.3, 0.4) is 0 Å². The van der Waals surface area contributed by atoms with Crippen LogP contribution in [0, 0.1) is 0 Å². The lowest BCUT2D eigenvalue weighted by atomic mass is 10.1. The van der Waals surface area contributed by atoms with Crippen molar-refractivity contribution in [3.05, 3.63) is 29.8 Å². The van der Waals surface area contributed by atoms with Crippen LogP contribution in [0.1, 0.15) is 33.3 Å². The van der Waals surface area contributed by atoms with E-state index in [0.717, 1.165) is 12.1 Å². The summed E-state index contributed by atoms with van der Waals surface area (Å²) in [5.41, 5.74) is -1.19. The number of guanidine groups is 1. The minimum atomic E-state index is -4.46. The Morgan fingerprint density at radius 1 is 1.23 bits per heavy atom. The van der Waals surface area contributed by atoms with Gasteiger partial charge in [0.25, 0.3) is 0 Å². The zero-order chi connectivity index (χ0) is 22.1. The van der Waals surface area contributed by atoms with Gasteiger partial charge in [-0.25, -0.2) is 4.99 Å². The molecule has 1 aromatic carbocycles. The van der Waals surface area contributed by atoms with Crippen LogP contribution in [0.5, 0.6) is 5.75 Å². The number of hydrogen-bond donors (Lipinski definition) is 4. The number of alkyl halides is 3. The summed E-state index contributed by atoms with van der Waals surface area (Å²) in [6.07, 6.45) is -5.47. The third kappa shape index (κ3) is 12.1. The van der Waals surface area contributed by atoms with Gasteiger partial charge in [0.1, 0.15) is 25.0 Å². The Morgan fingerprint density at radius 2 is 1.90 bits per heavy atom. The summed E-state index contributed by atoms with van der Waals surface area (Å²) in [6, 6.07) is 4.44. The number of ether oxygens (including phenoxy) is 1. The number of nitrogens with zero attached hydrogens (tertiary/aromatic N) is 1. The fourth-order valence-electron chi connectivity index (χ4n) is 2.18. The predicted molar refractivity (Wildman–Crippen MR) is 120 cm³/mol. The van der Waals surface area contributed by atoms with Crippen LogP contribution in [0.25, 0.3) is 0 Å². The third-order valence-electron chi connectivity index (χ3n) is 3.35. The molecule has 0 aliphatic rings. The maximum atomic E-state index is 12.7. The first kappa shape index (κ1) is 28.2. The van der Waals surface area contributed by atoms with Gasteiger partial charge >= 0.3 is 6.18 Å². The van der Waals surface area contributed by atoms with Crippen LogP contribution in [-0.4, -0.2) is 54.9 Å². The largest absolute Gasteiger partial charge is 0.491 e. The minimum Gasteiger partial charge on any atom is -0.491 e. The molecule has 0 saturated heterocycles. The summed E-state index contributed by atoms with van der Waals surface area (Å²) in [4.78, 5) is 16.0. The van der Waals surface area contributed by atoms with E-state index in [1.54, 1.807) is 0 Å². The highest BCUT2D eigenvalue weighted by atomic mass is 127. The Morgan fingerprint density at radius 3 is 2.47 bits per heavy atom. The second kappa shape index (κ2) is 12.8. The molecule has 1 rings (SSSR count). The van der Waals surface area contributed by atoms with Crippen LogP contribution in [0.4, 0.5) is 13.2 Å². The van der Waals surface area contributed by atoms with Gasteiger partial charge in [-0.15, -0.1) is 24.0 Å². The predicted octanol–water partition coefficient (Wildman–Crippen LogP) is 2.53. The first-order valence-electron chi connectivity index (χ1n) is 9.22. The zero-order valence-corrected chi connectivity index (χ0v) is 19.8. The van der Waals surface area contributed by atoms with Gasteiger partial charge in [0.15, 0.2) is 5.96 Å². The molecule has 11 heteroatoms. The third-order valence-corrected chi connectivity index (χ3v) is 3.35. The molecule has 172 valence electrons. The number of carbonyl (C=O) groups is 1. The van der Waals surface area contributed by atoms with Gasteiger partial charge in [-0.05, 0) is 45.9 Å². The number of benzene rings is 1. The van der Waals surface area contributed by atoms with Crippen LogP contribution in [0.2, 0.25) is 0 Å². The molecular weight excluding hydrogens is 516 g/mol. The normalized spacial score (nSPS) is 13.1. The van der Waals surface area contributed by atoms with E-state index < -0.39 is 17.8 Å². The molecule has 4 N–H and O–H groups in total. The number of aliphatic imine (C=N–C) groups is 1. The molecule has 0 aliphatic heterocycles. The van der Waals surface area contributed by atoms with Crippen molar-refractivity contribution in [2.75, 3.05) is 26.2 Å². The maximum Gasteiger partial charge on any atom is 0.416 e. The van der Waals surface area contributed by atoms with E-state index in [9.17, 15) is 23.1 Å². The molecule has 1 aromatic rings. The number of aliphatic hydroxyl groups is 1. The summed E-state index contributed by atoms with van der Waals surface area (Å²) in [5.74, 6) is 0.0936. The summed E-state index contributed by atoms with van der Waals surface area (Å²) in [5, 5.41) is 18.6. The van der Waals surface area contributed by atoms with Crippen molar-refractivity contribution in [2.24, 2.45) is 4.99 Å². The fourth-order valence-corrected chi connectivity index (χ4v) is 2.18. The van der Waals surface area contributed by atoms with E-state index in [4.69, 9.17) is 4.74 Å². The number of aliphatic hydroxyl groups excluding tert-OH is 1. The molecule has 1 amide bonds. The Kier molecular flexibility index (Phi) is 12.1. The van der Waals surface area contributed by atoms with Gasteiger partial charge in [-0.1, -0.05) is 6.07 Å². The Bertz CT molecular complexity index is 694. The fraction of sp³-hybridized carbons (Fsp3) is 0.579. The SMILES string of the molecule is CCNC(=NCC(=O)NC(C)(C)C)NCC(O)COc1cccc(C(F)(F)F)c1.I. The highest BCUT2D eigenvalue weighted by Gasteiger charge is 2.30. The highest BCUT2D eigenvalue weighted by molar-refractivity contribution is 14.0. The van der Waals surface area contributed by atoms with Crippen LogP contribution >= 0.6 is 24.0 Å². The highest BCUT2D eigenvalue weighted by Crippen LogP contribution is 2.31. The Hall–Kier alpha value is -1.76. The molecule has 7 nitrogen and oxygen atoms in total. The van der Waals surface area contributed by atoms with Gasteiger partial charge < -0.3 is 25.8 Å². The number of hydrogen-bond acceptors (Lipinski definition) is 4. The van der Waals surface area contributed by atoms with Crippen molar-refractivity contribution < 1.29 is 27.8 Å². The summed E-state index contributed by atoms with van der Waals surface area (Å²) >= 11 is 0. The molecule has 0 fully saturated rings. The molecule has 1 atom stereocenters. The number of carbonyl (C=O) groups excluding carboxylic acids is 1. The second-order valence-electron chi connectivity index (χ2n) is 7.36. The maximum absolute atomic E-state index is 12.7. The zero-order valence-electron chi connectivity index (χ0n) is 17.5. The molecule has 0 aliphatic carbocycles. The van der Waals surface area contributed by atoms with Crippen molar-refractivity contribution in [3.8, 4) is 5.75 Å². The number of rotatable bonds is 8. The lowest BCUT2D eigenvalue weighted by Crippen LogP contribution is -2.44. The van der Waals surface area contributed by atoms with Crippen molar-refractivity contribution in [2.45, 2.75) is 45.5 Å². The van der Waals surface area contributed by atoms with E-state index in [2.05, 4.69) is 20.9 Å². The Labute approximate surface area is 191 Å². The second-order valence-corrected chi connectivity index (χ2v) is 7.36. The first-order chi connectivity index (χ1) is 13.4. The van der Waals surface area contributed by atoms with Crippen molar-refractivity contribution in [1.29, 1.82) is 0 Å². The molecule has 1 unspecified atom stereocenters. The van der Waals surface area contributed by atoms with E-state index in [1.807, 2.05) is 27.7 Å². The Balaban J connectivity index is 0.00000841. The molecule has 0 radical (unpaired) electrons. The van der Waals surface area contributed by atoms with Gasteiger partial charge in [-0.3, -0.25) is 4.79 Å². The monoisotopic (exact) mass is 546 g/mol. The average Bonchev–Trinajstić information content (AvgIpc) is 2.60. The lowest BCUT2D eigenvalue weighted by molar-refractivity contribution is -0.137. The van der Waals surface area contributed by atoms with Crippen LogP contribution < -0.4 is 20.7 Å². The summed E-state index contributed by atoms with van der Waals surface area (Å²) < 4.78 is 43.4. The van der Waals surface area contributed by atoms with Crippen molar-refractivity contribution >= 4 is 35.8 Å². The number of amides is 1. The first-order valence-corrected chi connectivity index (χ1v) is 9.22. The van der Waals surface area contributed by atoms with Gasteiger partial charge in [0, 0.05) is 18.6 Å². The van der Waals surface area contributed by atoms with Crippen molar-refractivity contribution in [3.63, 3.8) is 0 Å². The lowest BCUT2D eigenvalue weighted by Gasteiger charge is -2.20. The molecule has 0 spiro atoms. The average molecular weight is 546 g/mol. The van der Waals surface area contributed by atoms with Gasteiger partial charge in [0.05, 0.1) is 5.56 Å². The topological polar surface area (TPSA) is 95.0 Å². The van der Waals surface area contributed by atoms with Crippen molar-refractivity contribution in [1.82, 2.24) is 16.0 Å². The quantitative estimate of drug-likeness (QED) is 0.229. The molecule has 0 aromatic heterocycles. The van der Waals surface area contributed by atoms with Crippen LogP contribution in [0.15, 0.2) is 29.3 Å². The summed E-state index contributed by atoms with van der Waals surface area (Å²) in [6.45, 7) is 7.70. The van der Waals surface area contributed by atoms with Gasteiger partial charge in [0.2, 0.25) is 5.91 Å². The molecule has 0 heterocycles. The van der Waals surface area contributed by atoms with E-state index in [1.165, 1.54) is 12.1 Å².